The Morgan fingerprint density at radius 1 is 1.32 bits per heavy atom. The predicted octanol–water partition coefficient (Wildman–Crippen LogP) is 1.56. The van der Waals surface area contributed by atoms with Gasteiger partial charge < -0.3 is 14.9 Å². The Kier molecular flexibility index (Phi) is 4.02. The number of aromatic nitrogens is 4. The molecule has 2 N–H and O–H groups in total. The second-order valence-electron chi connectivity index (χ2n) is 6.05. The van der Waals surface area contributed by atoms with Crippen LogP contribution in [-0.2, 0) is 6.61 Å². The lowest BCUT2D eigenvalue weighted by Crippen LogP contribution is -2.45. The monoisotopic (exact) mass is 339 g/mol. The number of carbonyl (C=O) groups is 1. The van der Waals surface area contributed by atoms with Crippen molar-refractivity contribution in [3.05, 3.63) is 54.0 Å². The standard InChI is InChI=1S/C17H17N5O3/c23-10-13-9-18-22(20-13)14-6-12(7-14)19-17(24)15-8-16(25-21-15)11-4-2-1-3-5-11/h1-5,8-9,12,14,23H,6-7,10H2,(H,19,24)/t12-,14+. The molecule has 2 aromatic heterocycles. The fourth-order valence-electron chi connectivity index (χ4n) is 2.83. The maximum Gasteiger partial charge on any atom is 0.273 e. The number of rotatable bonds is 5. The number of nitrogens with one attached hydrogen (secondary N) is 1. The van der Waals surface area contributed by atoms with E-state index in [-0.39, 0.29) is 30.3 Å². The van der Waals surface area contributed by atoms with E-state index in [9.17, 15) is 4.79 Å². The molecular formula is C17H17N5O3. The van der Waals surface area contributed by atoms with E-state index in [1.54, 1.807) is 17.1 Å². The third-order valence-corrected chi connectivity index (χ3v) is 4.29. The highest BCUT2D eigenvalue weighted by atomic mass is 16.5. The topological polar surface area (TPSA) is 106 Å². The van der Waals surface area contributed by atoms with Crippen molar-refractivity contribution >= 4 is 5.91 Å². The molecule has 128 valence electrons. The SMILES string of the molecule is O=C(N[C@H]1C[C@@H](n2ncc(CO)n2)C1)c1cc(-c2ccccc2)on1. The number of hydrogen-bond acceptors (Lipinski definition) is 6. The van der Waals surface area contributed by atoms with Gasteiger partial charge in [-0.15, -0.1) is 0 Å². The Bertz CT molecular complexity index is 867. The third-order valence-electron chi connectivity index (χ3n) is 4.29. The highest BCUT2D eigenvalue weighted by Gasteiger charge is 2.33. The number of nitrogens with zero attached hydrogens (tertiary/aromatic N) is 4. The molecular weight excluding hydrogens is 322 g/mol. The summed E-state index contributed by atoms with van der Waals surface area (Å²) in [6.07, 6.45) is 3.04. The summed E-state index contributed by atoms with van der Waals surface area (Å²) < 4.78 is 5.25. The summed E-state index contributed by atoms with van der Waals surface area (Å²) in [7, 11) is 0. The Hall–Kier alpha value is -3.00. The molecule has 0 aliphatic heterocycles. The summed E-state index contributed by atoms with van der Waals surface area (Å²) in [5.41, 5.74) is 1.69. The van der Waals surface area contributed by atoms with Crippen molar-refractivity contribution in [2.45, 2.75) is 31.5 Å². The zero-order chi connectivity index (χ0) is 17.2. The summed E-state index contributed by atoms with van der Waals surface area (Å²) in [5.74, 6) is 0.313. The number of aliphatic hydroxyl groups excluding tert-OH is 1. The van der Waals surface area contributed by atoms with E-state index in [0.717, 1.165) is 18.4 Å². The quantitative estimate of drug-likeness (QED) is 0.731. The first-order valence-electron chi connectivity index (χ1n) is 8.07. The molecule has 1 aromatic carbocycles. The molecule has 0 bridgehead atoms. The van der Waals surface area contributed by atoms with Crippen LogP contribution in [0.2, 0.25) is 0 Å². The second kappa shape index (κ2) is 6.48. The van der Waals surface area contributed by atoms with Crippen molar-refractivity contribution < 1.29 is 14.4 Å². The van der Waals surface area contributed by atoms with Crippen molar-refractivity contribution in [3.8, 4) is 11.3 Å². The molecule has 0 radical (unpaired) electrons. The minimum Gasteiger partial charge on any atom is -0.390 e. The Morgan fingerprint density at radius 3 is 2.84 bits per heavy atom. The number of benzene rings is 1. The van der Waals surface area contributed by atoms with Gasteiger partial charge in [-0.25, -0.2) is 0 Å². The van der Waals surface area contributed by atoms with Crippen LogP contribution in [0.15, 0.2) is 47.1 Å². The predicted molar refractivity (Wildman–Crippen MR) is 87.4 cm³/mol. The summed E-state index contributed by atoms with van der Waals surface area (Å²) in [6.45, 7) is -0.122. The largest absolute Gasteiger partial charge is 0.390 e. The van der Waals surface area contributed by atoms with E-state index in [2.05, 4.69) is 20.7 Å². The lowest BCUT2D eigenvalue weighted by molar-refractivity contribution is 0.0872. The summed E-state index contributed by atoms with van der Waals surface area (Å²) in [5, 5.41) is 24.1. The Balaban J connectivity index is 1.34. The van der Waals surface area contributed by atoms with Gasteiger partial charge >= 0.3 is 0 Å². The molecule has 0 spiro atoms. The lowest BCUT2D eigenvalue weighted by atomic mass is 9.87. The number of carbonyl (C=O) groups excluding carboxylic acids is 1. The van der Waals surface area contributed by atoms with E-state index < -0.39 is 0 Å². The molecule has 25 heavy (non-hydrogen) atoms. The maximum absolute atomic E-state index is 12.3. The van der Waals surface area contributed by atoms with E-state index >= 15 is 0 Å². The summed E-state index contributed by atoms with van der Waals surface area (Å²) in [6, 6.07) is 11.4. The van der Waals surface area contributed by atoms with Crippen molar-refractivity contribution in [1.82, 2.24) is 25.5 Å². The van der Waals surface area contributed by atoms with Gasteiger partial charge in [0.25, 0.3) is 5.91 Å². The van der Waals surface area contributed by atoms with Crippen LogP contribution in [0.3, 0.4) is 0 Å². The fourth-order valence-corrected chi connectivity index (χ4v) is 2.83. The van der Waals surface area contributed by atoms with E-state index in [1.165, 1.54) is 0 Å². The average molecular weight is 339 g/mol. The van der Waals surface area contributed by atoms with Crippen LogP contribution in [0.4, 0.5) is 0 Å². The number of aliphatic hydroxyl groups is 1. The smallest absolute Gasteiger partial charge is 0.273 e. The zero-order valence-electron chi connectivity index (χ0n) is 13.4. The molecule has 8 nitrogen and oxygen atoms in total. The van der Waals surface area contributed by atoms with Crippen LogP contribution in [0.25, 0.3) is 11.3 Å². The fraction of sp³-hybridized carbons (Fsp3) is 0.294. The van der Waals surface area contributed by atoms with Crippen LogP contribution >= 0.6 is 0 Å². The van der Waals surface area contributed by atoms with Gasteiger partial charge in [0.2, 0.25) is 0 Å². The van der Waals surface area contributed by atoms with Crippen LogP contribution in [0, 0.1) is 0 Å². The van der Waals surface area contributed by atoms with E-state index in [4.69, 9.17) is 9.63 Å². The maximum atomic E-state index is 12.3. The van der Waals surface area contributed by atoms with Crippen molar-refractivity contribution in [2.24, 2.45) is 0 Å². The highest BCUT2D eigenvalue weighted by Crippen LogP contribution is 2.31. The minimum absolute atomic E-state index is 0.0537. The molecule has 4 rings (SSSR count). The van der Waals surface area contributed by atoms with E-state index in [1.807, 2.05) is 30.3 Å². The van der Waals surface area contributed by atoms with Crippen LogP contribution < -0.4 is 5.32 Å². The zero-order valence-corrected chi connectivity index (χ0v) is 13.4. The van der Waals surface area contributed by atoms with Gasteiger partial charge in [0, 0.05) is 17.7 Å². The molecule has 0 saturated heterocycles. The molecule has 1 saturated carbocycles. The molecule has 1 fully saturated rings. The Morgan fingerprint density at radius 2 is 2.12 bits per heavy atom. The normalized spacial score (nSPS) is 19.4. The van der Waals surface area contributed by atoms with Crippen LogP contribution in [-0.4, -0.2) is 37.2 Å². The Labute approximate surface area is 143 Å². The first-order chi connectivity index (χ1) is 12.2. The molecule has 1 aliphatic carbocycles. The summed E-state index contributed by atoms with van der Waals surface area (Å²) in [4.78, 5) is 13.9. The molecule has 0 unspecified atom stereocenters. The lowest BCUT2D eigenvalue weighted by Gasteiger charge is -2.34. The van der Waals surface area contributed by atoms with Gasteiger partial charge in [-0.1, -0.05) is 35.5 Å². The van der Waals surface area contributed by atoms with Gasteiger partial charge in [-0.2, -0.15) is 15.0 Å². The third kappa shape index (κ3) is 3.16. The molecule has 2 heterocycles. The molecule has 1 aliphatic rings. The first kappa shape index (κ1) is 15.5. The average Bonchev–Trinajstić information content (AvgIpc) is 3.27. The van der Waals surface area contributed by atoms with Gasteiger partial charge in [0.05, 0.1) is 18.8 Å². The minimum atomic E-state index is -0.251. The summed E-state index contributed by atoms with van der Waals surface area (Å²) >= 11 is 0. The van der Waals surface area contributed by atoms with Crippen LogP contribution in [0.1, 0.15) is 35.1 Å². The van der Waals surface area contributed by atoms with Crippen LogP contribution in [0.5, 0.6) is 0 Å². The highest BCUT2D eigenvalue weighted by molar-refractivity contribution is 5.93. The molecule has 1 amide bonds. The number of amides is 1. The first-order valence-corrected chi connectivity index (χ1v) is 8.07. The van der Waals surface area contributed by atoms with Crippen molar-refractivity contribution in [1.29, 1.82) is 0 Å². The van der Waals surface area contributed by atoms with Gasteiger partial charge in [-0.05, 0) is 12.8 Å². The molecule has 8 heteroatoms. The second-order valence-corrected chi connectivity index (χ2v) is 6.05. The van der Waals surface area contributed by atoms with Gasteiger partial charge in [-0.3, -0.25) is 4.79 Å². The van der Waals surface area contributed by atoms with Crippen molar-refractivity contribution in [3.63, 3.8) is 0 Å². The van der Waals surface area contributed by atoms with Gasteiger partial charge in [0.1, 0.15) is 5.69 Å². The number of hydrogen-bond donors (Lipinski definition) is 2. The molecule has 3 aromatic rings. The van der Waals surface area contributed by atoms with Crippen molar-refractivity contribution in [2.75, 3.05) is 0 Å². The molecule has 0 atom stereocenters. The van der Waals surface area contributed by atoms with E-state index in [0.29, 0.717) is 11.5 Å². The van der Waals surface area contributed by atoms with Gasteiger partial charge in [0.15, 0.2) is 11.5 Å².